The summed E-state index contributed by atoms with van der Waals surface area (Å²) in [5, 5.41) is 2.97. The van der Waals surface area contributed by atoms with Gasteiger partial charge in [0.2, 0.25) is 11.9 Å². The molecule has 7 nitrogen and oxygen atoms in total. The number of alkyl halides is 1. The summed E-state index contributed by atoms with van der Waals surface area (Å²) in [5.41, 5.74) is 5.29. The smallest absolute Gasteiger partial charge is 0.260 e. The maximum atomic E-state index is 14.2. The topological polar surface area (TPSA) is 114 Å². The Kier molecular flexibility index (Phi) is 5.03. The lowest BCUT2D eigenvalue weighted by Gasteiger charge is -2.43. The third-order valence-electron chi connectivity index (χ3n) is 5.34. The molecule has 0 unspecified atom stereocenters. The largest absolute Gasteiger partial charge is 0.366 e. The van der Waals surface area contributed by atoms with Gasteiger partial charge in [-0.2, -0.15) is 0 Å². The van der Waals surface area contributed by atoms with Crippen molar-refractivity contribution in [2.75, 3.05) is 11.9 Å². The second-order valence-corrected chi connectivity index (χ2v) is 7.39. The molecular formula is C21H19F2N5O2. The van der Waals surface area contributed by atoms with E-state index in [0.29, 0.717) is 5.56 Å². The summed E-state index contributed by atoms with van der Waals surface area (Å²) >= 11 is 0. The van der Waals surface area contributed by atoms with Crippen LogP contribution >= 0.6 is 0 Å². The van der Waals surface area contributed by atoms with Gasteiger partial charge >= 0.3 is 0 Å². The summed E-state index contributed by atoms with van der Waals surface area (Å²) < 4.78 is 27.9. The van der Waals surface area contributed by atoms with Crippen LogP contribution in [-0.4, -0.2) is 33.6 Å². The zero-order valence-electron chi connectivity index (χ0n) is 15.9. The molecule has 1 aliphatic carbocycles. The van der Waals surface area contributed by atoms with Gasteiger partial charge in [0.05, 0.1) is 11.3 Å². The molecule has 1 amide bonds. The third-order valence-corrected chi connectivity index (χ3v) is 5.34. The number of hydrogen-bond acceptors (Lipinski definition) is 5. The minimum atomic E-state index is -1.03. The number of H-pyrrole nitrogens is 1. The molecule has 2 aromatic heterocycles. The van der Waals surface area contributed by atoms with E-state index < -0.39 is 28.9 Å². The van der Waals surface area contributed by atoms with Crippen LogP contribution in [0.3, 0.4) is 0 Å². The lowest BCUT2D eigenvalue weighted by atomic mass is 9.65. The van der Waals surface area contributed by atoms with Crippen molar-refractivity contribution in [1.29, 1.82) is 0 Å². The third kappa shape index (κ3) is 3.66. The van der Waals surface area contributed by atoms with Gasteiger partial charge in [-0.25, -0.2) is 13.8 Å². The maximum absolute atomic E-state index is 14.2. The first kappa shape index (κ1) is 19.7. The molecule has 1 fully saturated rings. The normalized spacial score (nSPS) is 20.4. The van der Waals surface area contributed by atoms with Crippen LogP contribution in [0.2, 0.25) is 0 Å². The zero-order chi connectivity index (χ0) is 21.3. The van der Waals surface area contributed by atoms with Crippen molar-refractivity contribution in [1.82, 2.24) is 15.0 Å². The van der Waals surface area contributed by atoms with Crippen molar-refractivity contribution in [3.05, 3.63) is 76.2 Å². The molecule has 1 saturated carbocycles. The Hall–Kier alpha value is -3.62. The molecule has 0 atom stereocenters. The molecule has 0 spiro atoms. The number of primary amides is 1. The van der Waals surface area contributed by atoms with Gasteiger partial charge in [0.25, 0.3) is 5.56 Å². The van der Waals surface area contributed by atoms with E-state index in [-0.39, 0.29) is 42.2 Å². The van der Waals surface area contributed by atoms with Gasteiger partial charge in [-0.1, -0.05) is 12.1 Å². The first-order chi connectivity index (χ1) is 14.4. The molecule has 4 N–H and O–H groups in total. The number of nitrogens with one attached hydrogen (secondary N) is 2. The molecular weight excluding hydrogens is 392 g/mol. The van der Waals surface area contributed by atoms with E-state index in [0.717, 1.165) is 0 Å². The Labute approximate surface area is 170 Å². The molecule has 2 heterocycles. The second kappa shape index (κ2) is 7.66. The number of carbonyl (C=O) groups excluding carboxylic acids is 1. The lowest BCUT2D eigenvalue weighted by molar-refractivity contribution is 0.0963. The van der Waals surface area contributed by atoms with Crippen molar-refractivity contribution < 1.29 is 13.6 Å². The lowest BCUT2D eigenvalue weighted by Crippen LogP contribution is -2.49. The average molecular weight is 411 g/mol. The highest BCUT2D eigenvalue weighted by Crippen LogP contribution is 2.45. The first-order valence-electron chi connectivity index (χ1n) is 9.36. The summed E-state index contributed by atoms with van der Waals surface area (Å²) in [4.78, 5) is 34.8. The van der Waals surface area contributed by atoms with Crippen LogP contribution in [0.5, 0.6) is 0 Å². The van der Waals surface area contributed by atoms with Gasteiger partial charge < -0.3 is 11.1 Å². The van der Waals surface area contributed by atoms with Crippen LogP contribution in [0.15, 0.2) is 53.6 Å². The molecule has 1 aliphatic rings. The second-order valence-electron chi connectivity index (χ2n) is 7.39. The summed E-state index contributed by atoms with van der Waals surface area (Å²) in [6.07, 6.45) is 2.08. The zero-order valence-corrected chi connectivity index (χ0v) is 15.9. The summed E-state index contributed by atoms with van der Waals surface area (Å²) in [6.45, 7) is 0.167. The van der Waals surface area contributed by atoms with Crippen LogP contribution in [0, 0.1) is 5.82 Å². The molecule has 0 radical (unpaired) electrons. The fourth-order valence-corrected chi connectivity index (χ4v) is 3.77. The monoisotopic (exact) mass is 411 g/mol. The van der Waals surface area contributed by atoms with Crippen molar-refractivity contribution in [3.8, 4) is 11.1 Å². The van der Waals surface area contributed by atoms with Crippen molar-refractivity contribution in [2.45, 2.75) is 24.4 Å². The van der Waals surface area contributed by atoms with Gasteiger partial charge in [0.15, 0.2) is 0 Å². The molecule has 154 valence electrons. The Morgan fingerprint density at radius 1 is 1.27 bits per heavy atom. The van der Waals surface area contributed by atoms with Gasteiger partial charge in [-0.3, -0.25) is 19.6 Å². The number of benzene rings is 1. The van der Waals surface area contributed by atoms with E-state index in [4.69, 9.17) is 5.73 Å². The number of anilines is 1. The number of pyridine rings is 1. The van der Waals surface area contributed by atoms with E-state index in [1.807, 2.05) is 0 Å². The Morgan fingerprint density at radius 3 is 2.73 bits per heavy atom. The number of aromatic nitrogens is 3. The Morgan fingerprint density at radius 2 is 2.07 bits per heavy atom. The SMILES string of the molecule is NC(=O)c1cccc(-c2cnc(NCC3(c4ncccc4F)CC(F)C3)[nH]c2=O)c1. The maximum Gasteiger partial charge on any atom is 0.260 e. The van der Waals surface area contributed by atoms with E-state index in [9.17, 15) is 18.4 Å². The highest BCUT2D eigenvalue weighted by atomic mass is 19.1. The standard InChI is InChI=1S/C21H19F2N5O2/c22-14-8-21(9-14,17-16(23)5-2-6-25-17)11-27-20-26-10-15(19(30)28-20)12-3-1-4-13(7-12)18(24)29/h1-7,10,14H,8-9,11H2,(H2,24,29)(H2,26,27,28,30). The van der Waals surface area contributed by atoms with E-state index >= 15 is 0 Å². The van der Waals surface area contributed by atoms with Crippen LogP contribution < -0.4 is 16.6 Å². The number of aromatic amines is 1. The van der Waals surface area contributed by atoms with E-state index in [1.54, 1.807) is 18.2 Å². The quantitative estimate of drug-likeness (QED) is 0.577. The number of amides is 1. The molecule has 30 heavy (non-hydrogen) atoms. The van der Waals surface area contributed by atoms with E-state index in [1.165, 1.54) is 30.6 Å². The molecule has 0 aliphatic heterocycles. The molecule has 4 rings (SSSR count). The van der Waals surface area contributed by atoms with Gasteiger partial charge in [0, 0.05) is 29.9 Å². The fraction of sp³-hybridized carbons (Fsp3) is 0.238. The molecule has 9 heteroatoms. The van der Waals surface area contributed by atoms with Gasteiger partial charge in [0.1, 0.15) is 12.0 Å². The van der Waals surface area contributed by atoms with Crippen LogP contribution in [-0.2, 0) is 5.41 Å². The van der Waals surface area contributed by atoms with Gasteiger partial charge in [-0.05, 0) is 42.7 Å². The summed E-state index contributed by atoms with van der Waals surface area (Å²) in [5.74, 6) is -0.914. The average Bonchev–Trinajstić information content (AvgIpc) is 2.71. The Bertz CT molecular complexity index is 1160. The number of nitrogens with zero attached hydrogens (tertiary/aromatic N) is 2. The predicted molar refractivity (Wildman–Crippen MR) is 107 cm³/mol. The van der Waals surface area contributed by atoms with Crippen molar-refractivity contribution >= 4 is 11.9 Å². The number of carbonyl (C=O) groups is 1. The fourth-order valence-electron chi connectivity index (χ4n) is 3.77. The first-order valence-corrected chi connectivity index (χ1v) is 9.36. The highest BCUT2D eigenvalue weighted by Gasteiger charge is 2.48. The molecule has 3 aromatic rings. The number of nitrogens with two attached hydrogens (primary N) is 1. The minimum Gasteiger partial charge on any atom is -0.366 e. The minimum absolute atomic E-state index is 0.135. The van der Waals surface area contributed by atoms with E-state index in [2.05, 4.69) is 20.3 Å². The molecule has 0 bridgehead atoms. The number of hydrogen-bond donors (Lipinski definition) is 3. The Balaban J connectivity index is 1.55. The summed E-state index contributed by atoms with van der Waals surface area (Å²) in [6, 6.07) is 9.13. The van der Waals surface area contributed by atoms with Crippen LogP contribution in [0.4, 0.5) is 14.7 Å². The van der Waals surface area contributed by atoms with Crippen LogP contribution in [0.25, 0.3) is 11.1 Å². The molecule has 0 saturated heterocycles. The molecule has 1 aromatic carbocycles. The summed E-state index contributed by atoms with van der Waals surface area (Å²) in [7, 11) is 0. The highest BCUT2D eigenvalue weighted by molar-refractivity contribution is 5.94. The number of halogens is 2. The van der Waals surface area contributed by atoms with Crippen molar-refractivity contribution in [3.63, 3.8) is 0 Å². The number of rotatable bonds is 6. The van der Waals surface area contributed by atoms with Crippen molar-refractivity contribution in [2.24, 2.45) is 5.73 Å². The predicted octanol–water partition coefficient (Wildman–Crippen LogP) is 2.55. The van der Waals surface area contributed by atoms with Crippen LogP contribution in [0.1, 0.15) is 28.9 Å². The van der Waals surface area contributed by atoms with Gasteiger partial charge in [-0.15, -0.1) is 0 Å².